The Hall–Kier alpha value is -3.86. The minimum absolute atomic E-state index is 0.0886. The first-order chi connectivity index (χ1) is 15.0. The van der Waals surface area contributed by atoms with Gasteiger partial charge in [0.25, 0.3) is 10.0 Å². The minimum Gasteiger partial charge on any atom is -0.490 e. The Morgan fingerprint density at radius 2 is 1.81 bits per heavy atom. The number of ether oxygens (including phenoxy) is 2. The van der Waals surface area contributed by atoms with Gasteiger partial charge in [-0.3, -0.25) is 9.82 Å². The Balaban J connectivity index is 1.37. The number of hydrogen-bond acceptors (Lipinski definition) is 8. The van der Waals surface area contributed by atoms with Crippen LogP contribution in [-0.4, -0.2) is 41.8 Å². The zero-order valence-corrected chi connectivity index (χ0v) is 17.0. The first-order valence-corrected chi connectivity index (χ1v) is 11.0. The normalized spacial score (nSPS) is 13.7. The number of anilines is 2. The second kappa shape index (κ2) is 7.43. The molecule has 0 radical (unpaired) electrons. The number of nitrogens with one attached hydrogen (secondary N) is 2. The summed E-state index contributed by atoms with van der Waals surface area (Å²) in [5, 5.41) is 7.33. The highest BCUT2D eigenvalue weighted by atomic mass is 32.2. The van der Waals surface area contributed by atoms with Gasteiger partial charge in [-0.1, -0.05) is 0 Å². The first kappa shape index (κ1) is 19.1. The maximum Gasteiger partial charge on any atom is 0.262 e. The van der Waals surface area contributed by atoms with Crippen molar-refractivity contribution in [1.29, 1.82) is 0 Å². The van der Waals surface area contributed by atoms with E-state index < -0.39 is 10.0 Å². The topological polar surface area (TPSA) is 145 Å². The smallest absolute Gasteiger partial charge is 0.262 e. The number of nitrogens with two attached hydrogens (primary N) is 1. The Labute approximate surface area is 177 Å². The highest BCUT2D eigenvalue weighted by Crippen LogP contribution is 2.32. The van der Waals surface area contributed by atoms with E-state index in [1.807, 2.05) is 0 Å². The van der Waals surface area contributed by atoms with E-state index in [1.165, 1.54) is 12.1 Å². The van der Waals surface area contributed by atoms with Crippen molar-refractivity contribution in [3.63, 3.8) is 0 Å². The molecule has 0 saturated heterocycles. The lowest BCUT2D eigenvalue weighted by Gasteiger charge is -2.12. The van der Waals surface area contributed by atoms with Crippen LogP contribution in [0.4, 0.5) is 11.5 Å². The van der Waals surface area contributed by atoms with Gasteiger partial charge in [0.15, 0.2) is 23.0 Å². The van der Waals surface area contributed by atoms with Crippen LogP contribution in [0, 0.1) is 0 Å². The fourth-order valence-electron chi connectivity index (χ4n) is 3.17. The van der Waals surface area contributed by atoms with E-state index in [9.17, 15) is 8.42 Å². The molecule has 0 fully saturated rings. The van der Waals surface area contributed by atoms with Crippen LogP contribution in [0.1, 0.15) is 6.42 Å². The number of hydrogen-bond donors (Lipinski definition) is 3. The van der Waals surface area contributed by atoms with Gasteiger partial charge >= 0.3 is 0 Å². The fourth-order valence-corrected chi connectivity index (χ4v) is 4.25. The summed E-state index contributed by atoms with van der Waals surface area (Å²) in [6.45, 7) is 1.01. The molecule has 11 heteroatoms. The van der Waals surface area contributed by atoms with Crippen LogP contribution < -0.4 is 19.9 Å². The Morgan fingerprint density at radius 3 is 2.61 bits per heavy atom. The minimum atomic E-state index is -3.81. The van der Waals surface area contributed by atoms with Crippen LogP contribution in [0.5, 0.6) is 11.5 Å². The van der Waals surface area contributed by atoms with Crippen LogP contribution in [0.2, 0.25) is 0 Å². The lowest BCUT2D eigenvalue weighted by Crippen LogP contribution is -2.13. The summed E-state index contributed by atoms with van der Waals surface area (Å²) >= 11 is 0. The number of H-pyrrole nitrogens is 1. The van der Waals surface area contributed by atoms with Gasteiger partial charge in [-0.25, -0.2) is 18.4 Å². The van der Waals surface area contributed by atoms with E-state index in [2.05, 4.69) is 24.9 Å². The molecule has 31 heavy (non-hydrogen) atoms. The van der Waals surface area contributed by atoms with Crippen molar-refractivity contribution in [2.75, 3.05) is 23.7 Å². The SMILES string of the molecule is Nc1[nH]nc2nc(-c3ccc(NS(=O)(=O)c4ccc5c(c4)OCCCO5)cc3)ncc12. The molecule has 3 heterocycles. The first-order valence-electron chi connectivity index (χ1n) is 9.49. The summed E-state index contributed by atoms with van der Waals surface area (Å²) in [5.41, 5.74) is 7.33. The number of fused-ring (bicyclic) bond motifs is 2. The molecule has 2 aromatic heterocycles. The molecule has 1 aliphatic heterocycles. The Morgan fingerprint density at radius 1 is 1.03 bits per heavy atom. The third kappa shape index (κ3) is 3.70. The van der Waals surface area contributed by atoms with Crippen molar-refractivity contribution >= 4 is 32.6 Å². The van der Waals surface area contributed by atoms with Gasteiger partial charge < -0.3 is 15.2 Å². The predicted molar refractivity (Wildman–Crippen MR) is 114 cm³/mol. The monoisotopic (exact) mass is 438 g/mol. The highest BCUT2D eigenvalue weighted by Gasteiger charge is 2.19. The van der Waals surface area contributed by atoms with Crippen LogP contribution in [0.25, 0.3) is 22.4 Å². The third-order valence-electron chi connectivity index (χ3n) is 4.77. The van der Waals surface area contributed by atoms with Gasteiger partial charge in [0.05, 0.1) is 23.5 Å². The summed E-state index contributed by atoms with van der Waals surface area (Å²) in [7, 11) is -3.81. The molecule has 10 nitrogen and oxygen atoms in total. The maximum absolute atomic E-state index is 12.8. The summed E-state index contributed by atoms with van der Waals surface area (Å²) in [5.74, 6) is 1.82. The number of nitrogens with zero attached hydrogens (tertiary/aromatic N) is 3. The molecule has 1 aliphatic rings. The second-order valence-corrected chi connectivity index (χ2v) is 8.59. The average molecular weight is 438 g/mol. The van der Waals surface area contributed by atoms with Crippen molar-refractivity contribution in [3.8, 4) is 22.9 Å². The molecule has 0 aliphatic carbocycles. The quantitative estimate of drug-likeness (QED) is 0.441. The maximum atomic E-state index is 12.8. The van der Waals surface area contributed by atoms with Gasteiger partial charge in [-0.2, -0.15) is 5.10 Å². The van der Waals surface area contributed by atoms with E-state index in [-0.39, 0.29) is 4.90 Å². The van der Waals surface area contributed by atoms with Gasteiger partial charge in [0.1, 0.15) is 5.82 Å². The van der Waals surface area contributed by atoms with E-state index in [0.717, 1.165) is 6.42 Å². The summed E-state index contributed by atoms with van der Waals surface area (Å²) in [4.78, 5) is 8.75. The summed E-state index contributed by atoms with van der Waals surface area (Å²) in [6, 6.07) is 11.3. The molecule has 0 amide bonds. The zero-order chi connectivity index (χ0) is 21.4. The van der Waals surface area contributed by atoms with Gasteiger partial charge in [-0.05, 0) is 36.4 Å². The average Bonchev–Trinajstić information content (AvgIpc) is 2.98. The van der Waals surface area contributed by atoms with Crippen LogP contribution in [-0.2, 0) is 10.0 Å². The number of aromatic nitrogens is 4. The number of benzene rings is 2. The number of sulfonamides is 1. The Kier molecular flexibility index (Phi) is 4.59. The predicted octanol–water partition coefficient (Wildman–Crippen LogP) is 2.56. The molecule has 0 saturated carbocycles. The van der Waals surface area contributed by atoms with Crippen LogP contribution in [0.3, 0.4) is 0 Å². The van der Waals surface area contributed by atoms with Crippen LogP contribution >= 0.6 is 0 Å². The van der Waals surface area contributed by atoms with Crippen molar-refractivity contribution in [3.05, 3.63) is 48.7 Å². The highest BCUT2D eigenvalue weighted by molar-refractivity contribution is 7.92. The summed E-state index contributed by atoms with van der Waals surface area (Å²) < 4.78 is 39.3. The lowest BCUT2D eigenvalue weighted by molar-refractivity contribution is 0.297. The van der Waals surface area contributed by atoms with Gasteiger partial charge in [0.2, 0.25) is 0 Å². The molecule has 5 rings (SSSR count). The van der Waals surface area contributed by atoms with Crippen molar-refractivity contribution in [2.45, 2.75) is 11.3 Å². The summed E-state index contributed by atoms with van der Waals surface area (Å²) in [6.07, 6.45) is 2.34. The van der Waals surface area contributed by atoms with Crippen molar-refractivity contribution in [1.82, 2.24) is 20.2 Å². The van der Waals surface area contributed by atoms with E-state index >= 15 is 0 Å². The van der Waals surface area contributed by atoms with Crippen molar-refractivity contribution < 1.29 is 17.9 Å². The molecular formula is C20H18N6O4S. The van der Waals surface area contributed by atoms with E-state index in [0.29, 0.717) is 58.6 Å². The molecular weight excluding hydrogens is 420 g/mol. The fraction of sp³-hybridized carbons (Fsp3) is 0.150. The lowest BCUT2D eigenvalue weighted by atomic mass is 10.2. The molecule has 0 atom stereocenters. The van der Waals surface area contributed by atoms with E-state index in [1.54, 1.807) is 36.5 Å². The van der Waals surface area contributed by atoms with Gasteiger partial charge in [-0.15, -0.1) is 0 Å². The second-order valence-electron chi connectivity index (χ2n) is 6.91. The molecule has 4 aromatic rings. The molecule has 158 valence electrons. The third-order valence-corrected chi connectivity index (χ3v) is 6.14. The number of aromatic amines is 1. The van der Waals surface area contributed by atoms with E-state index in [4.69, 9.17) is 15.2 Å². The Bertz CT molecular complexity index is 1370. The molecule has 4 N–H and O–H groups in total. The largest absolute Gasteiger partial charge is 0.490 e. The molecule has 0 unspecified atom stereocenters. The van der Waals surface area contributed by atoms with Crippen LogP contribution in [0.15, 0.2) is 53.6 Å². The number of nitrogen functional groups attached to an aromatic ring is 1. The number of rotatable bonds is 4. The standard InChI is InChI=1S/C20H18N6O4S/c21-18-15-11-22-19(23-20(15)25-24-18)12-2-4-13(5-3-12)26-31(27,28)14-6-7-16-17(10-14)30-9-1-8-29-16/h2-7,10-11,26H,1,8-9H2,(H3,21,22,23,24,25). The zero-order valence-electron chi connectivity index (χ0n) is 16.2. The molecule has 0 bridgehead atoms. The molecule has 0 spiro atoms. The van der Waals surface area contributed by atoms with Crippen molar-refractivity contribution in [2.24, 2.45) is 0 Å². The molecule has 2 aromatic carbocycles. The van der Waals surface area contributed by atoms with Gasteiger partial charge in [0, 0.05) is 29.9 Å².